The fourth-order valence-corrected chi connectivity index (χ4v) is 5.09. The Labute approximate surface area is 223 Å². The SMILES string of the molecule is C=C(CNC(=C)C1Nc2ccccc2N1)NC[C@@H](C)CC1CC1.CC1CCCCC1.Cc1cscn1. The summed E-state index contributed by atoms with van der Waals surface area (Å²) in [6.07, 6.45) is 11.7. The molecule has 0 radical (unpaired) electrons. The number of benzene rings is 1. The molecule has 1 aliphatic heterocycles. The van der Waals surface area contributed by atoms with Gasteiger partial charge in [0.25, 0.3) is 0 Å². The van der Waals surface area contributed by atoms with Crippen molar-refractivity contribution in [2.75, 3.05) is 23.7 Å². The molecule has 0 bridgehead atoms. The molecule has 0 unspecified atom stereocenters. The van der Waals surface area contributed by atoms with Gasteiger partial charge in [-0.3, -0.25) is 4.98 Å². The summed E-state index contributed by atoms with van der Waals surface area (Å²) in [4.78, 5) is 3.94. The van der Waals surface area contributed by atoms with Crippen molar-refractivity contribution in [2.45, 2.75) is 78.3 Å². The van der Waals surface area contributed by atoms with Crippen LogP contribution in [0.1, 0.15) is 70.9 Å². The van der Waals surface area contributed by atoms with Crippen LogP contribution in [-0.4, -0.2) is 24.2 Å². The molecule has 2 aromatic rings. The van der Waals surface area contributed by atoms with Gasteiger partial charge in [-0.05, 0) is 43.2 Å². The Morgan fingerprint density at radius 3 is 2.19 bits per heavy atom. The highest BCUT2D eigenvalue weighted by atomic mass is 32.1. The Morgan fingerprint density at radius 1 is 1.06 bits per heavy atom. The van der Waals surface area contributed by atoms with E-state index in [-0.39, 0.29) is 6.17 Å². The number of aryl methyl sites for hydroxylation is 1. The minimum atomic E-state index is 0.0222. The first-order valence-corrected chi connectivity index (χ1v) is 14.7. The molecule has 6 heteroatoms. The van der Waals surface area contributed by atoms with Crippen molar-refractivity contribution in [2.24, 2.45) is 17.8 Å². The van der Waals surface area contributed by atoms with E-state index in [9.17, 15) is 0 Å². The van der Waals surface area contributed by atoms with Crippen molar-refractivity contribution >= 4 is 22.7 Å². The normalized spacial score (nSPS) is 17.6. The summed E-state index contributed by atoms with van der Waals surface area (Å²) >= 11 is 1.63. The van der Waals surface area contributed by atoms with E-state index in [0.29, 0.717) is 6.54 Å². The Hall–Kier alpha value is -2.47. The maximum atomic E-state index is 4.13. The highest BCUT2D eigenvalue weighted by Gasteiger charge is 2.23. The van der Waals surface area contributed by atoms with Crippen molar-refractivity contribution in [1.82, 2.24) is 15.6 Å². The smallest absolute Gasteiger partial charge is 0.137 e. The van der Waals surface area contributed by atoms with E-state index < -0.39 is 0 Å². The monoisotopic (exact) mass is 509 g/mol. The molecule has 5 rings (SSSR count). The lowest BCUT2D eigenvalue weighted by Gasteiger charge is -2.20. The summed E-state index contributed by atoms with van der Waals surface area (Å²) < 4.78 is 0. The molecule has 1 aromatic heterocycles. The van der Waals surface area contributed by atoms with Crippen LogP contribution in [0.4, 0.5) is 11.4 Å². The van der Waals surface area contributed by atoms with Crippen LogP contribution in [0.3, 0.4) is 0 Å². The van der Waals surface area contributed by atoms with Crippen LogP contribution < -0.4 is 21.3 Å². The second-order valence-electron chi connectivity index (χ2n) is 10.8. The van der Waals surface area contributed by atoms with Crippen LogP contribution in [0, 0.1) is 24.7 Å². The summed E-state index contributed by atoms with van der Waals surface area (Å²) in [5, 5.41) is 15.6. The summed E-state index contributed by atoms with van der Waals surface area (Å²) in [6.45, 7) is 16.6. The van der Waals surface area contributed by atoms with Crippen LogP contribution in [0.15, 0.2) is 59.7 Å². The lowest BCUT2D eigenvalue weighted by Crippen LogP contribution is -2.35. The summed E-state index contributed by atoms with van der Waals surface area (Å²) in [6, 6.07) is 8.19. The Balaban J connectivity index is 0.000000225. The van der Waals surface area contributed by atoms with Crippen molar-refractivity contribution in [3.63, 3.8) is 0 Å². The largest absolute Gasteiger partial charge is 0.387 e. The second kappa shape index (κ2) is 14.9. The highest BCUT2D eigenvalue weighted by Crippen LogP contribution is 2.35. The van der Waals surface area contributed by atoms with E-state index >= 15 is 0 Å². The zero-order valence-corrected chi connectivity index (χ0v) is 23.4. The second-order valence-corrected chi connectivity index (χ2v) is 11.5. The zero-order valence-electron chi connectivity index (χ0n) is 22.6. The molecule has 1 atom stereocenters. The molecule has 0 spiro atoms. The van der Waals surface area contributed by atoms with E-state index in [2.05, 4.69) is 65.4 Å². The molecule has 2 fully saturated rings. The van der Waals surface area contributed by atoms with Gasteiger partial charge >= 0.3 is 0 Å². The molecule has 3 aliphatic rings. The number of para-hydroxylation sites is 2. The number of nitrogens with zero attached hydrogens (tertiary/aromatic N) is 1. The topological polar surface area (TPSA) is 61.0 Å². The van der Waals surface area contributed by atoms with Gasteiger partial charge in [0.1, 0.15) is 6.17 Å². The minimum Gasteiger partial charge on any atom is -0.387 e. The Bertz CT molecular complexity index is 890. The number of fused-ring (bicyclic) bond motifs is 1. The molecule has 0 amide bonds. The molecule has 2 heterocycles. The van der Waals surface area contributed by atoms with Gasteiger partial charge < -0.3 is 21.3 Å². The van der Waals surface area contributed by atoms with Crippen LogP contribution in [0.2, 0.25) is 0 Å². The number of aromatic nitrogens is 1. The molecule has 4 N–H and O–H groups in total. The molecular weight excluding hydrogens is 462 g/mol. The van der Waals surface area contributed by atoms with E-state index in [1.807, 2.05) is 29.9 Å². The first kappa shape index (κ1) is 28.1. The van der Waals surface area contributed by atoms with Gasteiger partial charge in [-0.25, -0.2) is 0 Å². The average molecular weight is 510 g/mol. The average Bonchev–Trinajstić information content (AvgIpc) is 3.37. The first-order chi connectivity index (χ1) is 17.4. The third kappa shape index (κ3) is 10.7. The maximum Gasteiger partial charge on any atom is 0.137 e. The highest BCUT2D eigenvalue weighted by molar-refractivity contribution is 7.07. The van der Waals surface area contributed by atoms with Gasteiger partial charge in [0.05, 0.1) is 23.4 Å². The van der Waals surface area contributed by atoms with Gasteiger partial charge in [0.15, 0.2) is 0 Å². The van der Waals surface area contributed by atoms with E-state index in [0.717, 1.165) is 52.8 Å². The van der Waals surface area contributed by atoms with Crippen LogP contribution in [0.5, 0.6) is 0 Å². The van der Waals surface area contributed by atoms with E-state index in [1.54, 1.807) is 11.3 Å². The molecule has 2 aliphatic carbocycles. The van der Waals surface area contributed by atoms with Gasteiger partial charge in [-0.15, -0.1) is 11.3 Å². The predicted octanol–water partition coefficient (Wildman–Crippen LogP) is 7.53. The molecule has 36 heavy (non-hydrogen) atoms. The van der Waals surface area contributed by atoms with E-state index in [4.69, 9.17) is 0 Å². The minimum absolute atomic E-state index is 0.0222. The zero-order chi connectivity index (χ0) is 25.8. The number of hydrogen-bond acceptors (Lipinski definition) is 6. The lowest BCUT2D eigenvalue weighted by atomic mass is 9.91. The molecule has 1 aromatic carbocycles. The first-order valence-electron chi connectivity index (χ1n) is 13.7. The van der Waals surface area contributed by atoms with Crippen molar-refractivity contribution in [3.05, 3.63) is 65.4 Å². The third-order valence-electron chi connectivity index (χ3n) is 6.99. The molecule has 0 saturated heterocycles. The van der Waals surface area contributed by atoms with Gasteiger partial charge in [-0.1, -0.05) is 84.1 Å². The van der Waals surface area contributed by atoms with Crippen LogP contribution in [-0.2, 0) is 0 Å². The lowest BCUT2D eigenvalue weighted by molar-refractivity contribution is 0.385. The van der Waals surface area contributed by atoms with Gasteiger partial charge in [0, 0.05) is 29.0 Å². The maximum absolute atomic E-state index is 4.13. The van der Waals surface area contributed by atoms with Crippen LogP contribution in [0.25, 0.3) is 0 Å². The van der Waals surface area contributed by atoms with Crippen LogP contribution >= 0.6 is 11.3 Å². The predicted molar refractivity (Wildman–Crippen MR) is 157 cm³/mol. The van der Waals surface area contributed by atoms with Crippen molar-refractivity contribution in [3.8, 4) is 0 Å². The number of nitrogens with one attached hydrogen (secondary N) is 4. The number of hydrogen-bond donors (Lipinski definition) is 4. The summed E-state index contributed by atoms with van der Waals surface area (Å²) in [5.41, 5.74) is 7.12. The van der Waals surface area contributed by atoms with Crippen molar-refractivity contribution < 1.29 is 0 Å². The Kier molecular flexibility index (Phi) is 11.7. The fraction of sp³-hybridized carbons (Fsp3) is 0.567. The fourth-order valence-electron chi connectivity index (χ4n) is 4.55. The van der Waals surface area contributed by atoms with Gasteiger partial charge in [0.2, 0.25) is 0 Å². The number of anilines is 2. The molecule has 5 nitrogen and oxygen atoms in total. The number of rotatable bonds is 9. The Morgan fingerprint density at radius 2 is 1.72 bits per heavy atom. The van der Waals surface area contributed by atoms with Gasteiger partial charge in [-0.2, -0.15) is 0 Å². The van der Waals surface area contributed by atoms with E-state index in [1.165, 1.54) is 51.4 Å². The summed E-state index contributed by atoms with van der Waals surface area (Å²) in [5.74, 6) is 2.74. The number of thiazole rings is 1. The summed E-state index contributed by atoms with van der Waals surface area (Å²) in [7, 11) is 0. The molecule has 198 valence electrons. The van der Waals surface area contributed by atoms with Crippen molar-refractivity contribution in [1.29, 1.82) is 0 Å². The molecular formula is C30H47N5S. The third-order valence-corrected chi connectivity index (χ3v) is 7.69. The quantitative estimate of drug-likeness (QED) is 0.281. The standard InChI is InChI=1S/C19H28N4.C7H14.C4H5NS/c1-13(10-16-8-9-16)11-20-14(2)12-21-15(3)19-22-17-6-4-5-7-18(17)23-19;1-7-5-3-2-4-6-7;1-4-2-6-3-5-4/h4-7,13,16,19-23H,2-3,8-12H2,1H3;7H,2-6H2,1H3;2-3H,1H3/t13-;;/m0../s1. The molecule has 2 saturated carbocycles.